The Labute approximate surface area is 88.8 Å². The molecule has 1 aromatic rings. The molecule has 15 heavy (non-hydrogen) atoms. The number of carbonyl (C=O) groups is 1. The molecule has 1 aliphatic heterocycles. The fourth-order valence-electron chi connectivity index (χ4n) is 1.52. The number of hydrogen-bond donors (Lipinski definition) is 1. The quantitative estimate of drug-likeness (QED) is 0.765. The van der Waals surface area contributed by atoms with E-state index in [1.165, 1.54) is 5.06 Å². The van der Waals surface area contributed by atoms with E-state index < -0.39 is 0 Å². The Bertz CT molecular complexity index is 359. The van der Waals surface area contributed by atoms with Crippen LogP contribution in [0, 0.1) is 6.92 Å². The lowest BCUT2D eigenvalue weighted by atomic mass is 10.2. The van der Waals surface area contributed by atoms with E-state index in [9.17, 15) is 4.79 Å². The van der Waals surface area contributed by atoms with E-state index in [0.29, 0.717) is 13.2 Å². The normalized spacial score (nSPS) is 15.4. The summed E-state index contributed by atoms with van der Waals surface area (Å²) in [7, 11) is 0. The summed E-state index contributed by atoms with van der Waals surface area (Å²) in [6.45, 7) is 3.28. The van der Waals surface area contributed by atoms with Gasteiger partial charge in [0, 0.05) is 5.69 Å². The summed E-state index contributed by atoms with van der Waals surface area (Å²) in [5.41, 5.74) is 1.92. The molecule has 0 aliphatic carbocycles. The van der Waals surface area contributed by atoms with Gasteiger partial charge in [-0.1, -0.05) is 12.1 Å². The first-order valence-corrected chi connectivity index (χ1v) is 5.04. The van der Waals surface area contributed by atoms with Gasteiger partial charge in [0.25, 0.3) is 0 Å². The highest BCUT2D eigenvalue weighted by molar-refractivity contribution is 5.88. The summed E-state index contributed by atoms with van der Waals surface area (Å²) < 4.78 is 0. The van der Waals surface area contributed by atoms with E-state index in [1.807, 2.05) is 31.2 Å². The minimum Gasteiger partial charge on any atom is -0.306 e. The first-order valence-electron chi connectivity index (χ1n) is 5.04. The molecule has 0 unspecified atom stereocenters. The van der Waals surface area contributed by atoms with Crippen molar-refractivity contribution in [2.45, 2.75) is 13.3 Å². The smallest absolute Gasteiger partial charge is 0.306 e. The SMILES string of the molecule is Cc1cccc(NC(=O)N2CCCO2)c1. The molecular formula is C11H14N2O2. The van der Waals surface area contributed by atoms with Crippen LogP contribution < -0.4 is 5.32 Å². The van der Waals surface area contributed by atoms with Gasteiger partial charge in [-0.25, -0.2) is 9.86 Å². The van der Waals surface area contributed by atoms with Gasteiger partial charge in [-0.3, -0.25) is 4.84 Å². The monoisotopic (exact) mass is 206 g/mol. The van der Waals surface area contributed by atoms with E-state index in [2.05, 4.69) is 5.32 Å². The van der Waals surface area contributed by atoms with Gasteiger partial charge in [0.05, 0.1) is 13.2 Å². The molecular weight excluding hydrogens is 192 g/mol. The lowest BCUT2D eigenvalue weighted by molar-refractivity contribution is -0.0614. The van der Waals surface area contributed by atoms with Gasteiger partial charge in [-0.05, 0) is 31.0 Å². The summed E-state index contributed by atoms with van der Waals surface area (Å²) in [5.74, 6) is 0. The first kappa shape index (κ1) is 9.98. The average molecular weight is 206 g/mol. The van der Waals surface area contributed by atoms with Crippen molar-refractivity contribution in [1.29, 1.82) is 0 Å². The van der Waals surface area contributed by atoms with Gasteiger partial charge in [-0.2, -0.15) is 0 Å². The third-order valence-electron chi connectivity index (χ3n) is 2.25. The Morgan fingerprint density at radius 2 is 2.40 bits per heavy atom. The number of carbonyl (C=O) groups excluding carboxylic acids is 1. The van der Waals surface area contributed by atoms with Crippen LogP contribution >= 0.6 is 0 Å². The van der Waals surface area contributed by atoms with Gasteiger partial charge in [0.2, 0.25) is 0 Å². The summed E-state index contributed by atoms with van der Waals surface area (Å²) >= 11 is 0. The van der Waals surface area contributed by atoms with Crippen molar-refractivity contribution < 1.29 is 9.63 Å². The largest absolute Gasteiger partial charge is 0.345 e. The van der Waals surface area contributed by atoms with E-state index >= 15 is 0 Å². The number of nitrogens with one attached hydrogen (secondary N) is 1. The molecule has 0 atom stereocenters. The van der Waals surface area contributed by atoms with Crippen molar-refractivity contribution in [2.24, 2.45) is 0 Å². The maximum absolute atomic E-state index is 11.6. The Morgan fingerprint density at radius 3 is 3.07 bits per heavy atom. The second kappa shape index (κ2) is 4.31. The molecule has 0 spiro atoms. The summed E-state index contributed by atoms with van der Waals surface area (Å²) in [6.07, 6.45) is 0.904. The molecule has 4 nitrogen and oxygen atoms in total. The number of rotatable bonds is 1. The van der Waals surface area contributed by atoms with Gasteiger partial charge < -0.3 is 5.32 Å². The predicted octanol–water partition coefficient (Wildman–Crippen LogP) is 2.16. The number of anilines is 1. The molecule has 1 N–H and O–H groups in total. The second-order valence-electron chi connectivity index (χ2n) is 3.59. The topological polar surface area (TPSA) is 41.6 Å². The van der Waals surface area contributed by atoms with E-state index in [4.69, 9.17) is 4.84 Å². The van der Waals surface area contributed by atoms with Crippen LogP contribution in [-0.4, -0.2) is 24.2 Å². The standard InChI is InChI=1S/C11H14N2O2/c1-9-4-2-5-10(8-9)12-11(14)13-6-3-7-15-13/h2,4-5,8H,3,6-7H2,1H3,(H,12,14). The van der Waals surface area contributed by atoms with Crippen molar-refractivity contribution in [1.82, 2.24) is 5.06 Å². The molecule has 1 aliphatic rings. The fourth-order valence-corrected chi connectivity index (χ4v) is 1.52. The van der Waals surface area contributed by atoms with Gasteiger partial charge >= 0.3 is 6.03 Å². The average Bonchev–Trinajstić information content (AvgIpc) is 2.70. The van der Waals surface area contributed by atoms with Crippen LogP contribution in [0.4, 0.5) is 10.5 Å². The highest BCUT2D eigenvalue weighted by Gasteiger charge is 2.18. The van der Waals surface area contributed by atoms with E-state index in [0.717, 1.165) is 17.7 Å². The van der Waals surface area contributed by atoms with Gasteiger partial charge in [0.15, 0.2) is 0 Å². The van der Waals surface area contributed by atoms with Gasteiger partial charge in [-0.15, -0.1) is 0 Å². The number of hydroxylamine groups is 2. The van der Waals surface area contributed by atoms with Crippen LogP contribution in [0.2, 0.25) is 0 Å². The molecule has 1 saturated heterocycles. The Kier molecular flexibility index (Phi) is 2.87. The number of aryl methyl sites for hydroxylation is 1. The van der Waals surface area contributed by atoms with Crippen LogP contribution in [0.15, 0.2) is 24.3 Å². The van der Waals surface area contributed by atoms with Crippen LogP contribution in [-0.2, 0) is 4.84 Å². The zero-order chi connectivity index (χ0) is 10.7. The molecule has 4 heteroatoms. The van der Waals surface area contributed by atoms with Crippen molar-refractivity contribution in [3.63, 3.8) is 0 Å². The lowest BCUT2D eigenvalue weighted by Crippen LogP contribution is -2.31. The Balaban J connectivity index is 1.99. The van der Waals surface area contributed by atoms with Crippen LogP contribution in [0.5, 0.6) is 0 Å². The number of nitrogens with zero attached hydrogens (tertiary/aromatic N) is 1. The molecule has 0 bridgehead atoms. The third kappa shape index (κ3) is 2.47. The molecule has 0 radical (unpaired) electrons. The highest BCUT2D eigenvalue weighted by atomic mass is 16.7. The molecule has 1 heterocycles. The van der Waals surface area contributed by atoms with Crippen LogP contribution in [0.1, 0.15) is 12.0 Å². The molecule has 0 aromatic heterocycles. The Morgan fingerprint density at radius 1 is 1.53 bits per heavy atom. The maximum Gasteiger partial charge on any atom is 0.345 e. The number of benzene rings is 1. The second-order valence-corrected chi connectivity index (χ2v) is 3.59. The lowest BCUT2D eigenvalue weighted by Gasteiger charge is -2.14. The van der Waals surface area contributed by atoms with E-state index in [-0.39, 0.29) is 6.03 Å². The van der Waals surface area contributed by atoms with Crippen molar-refractivity contribution in [3.05, 3.63) is 29.8 Å². The number of amides is 2. The van der Waals surface area contributed by atoms with Crippen molar-refractivity contribution >= 4 is 11.7 Å². The molecule has 2 amide bonds. The Hall–Kier alpha value is -1.55. The predicted molar refractivity (Wildman–Crippen MR) is 57.5 cm³/mol. The minimum atomic E-state index is -0.196. The zero-order valence-corrected chi connectivity index (χ0v) is 8.69. The third-order valence-corrected chi connectivity index (χ3v) is 2.25. The van der Waals surface area contributed by atoms with Crippen molar-refractivity contribution in [2.75, 3.05) is 18.5 Å². The van der Waals surface area contributed by atoms with Gasteiger partial charge in [0.1, 0.15) is 0 Å². The number of urea groups is 1. The minimum absolute atomic E-state index is 0.196. The maximum atomic E-state index is 11.6. The molecule has 2 rings (SSSR count). The molecule has 1 fully saturated rings. The summed E-state index contributed by atoms with van der Waals surface area (Å²) in [5, 5.41) is 4.15. The summed E-state index contributed by atoms with van der Waals surface area (Å²) in [6, 6.07) is 7.49. The summed E-state index contributed by atoms with van der Waals surface area (Å²) in [4.78, 5) is 16.8. The number of hydrogen-bond acceptors (Lipinski definition) is 2. The fraction of sp³-hybridized carbons (Fsp3) is 0.364. The van der Waals surface area contributed by atoms with Crippen LogP contribution in [0.3, 0.4) is 0 Å². The van der Waals surface area contributed by atoms with E-state index in [1.54, 1.807) is 0 Å². The highest BCUT2D eigenvalue weighted by Crippen LogP contribution is 2.12. The van der Waals surface area contributed by atoms with Crippen molar-refractivity contribution in [3.8, 4) is 0 Å². The first-order chi connectivity index (χ1) is 7.25. The molecule has 1 aromatic carbocycles. The molecule has 0 saturated carbocycles. The van der Waals surface area contributed by atoms with Crippen LogP contribution in [0.25, 0.3) is 0 Å². The molecule has 80 valence electrons. The zero-order valence-electron chi connectivity index (χ0n) is 8.69.